The van der Waals surface area contributed by atoms with Crippen LogP contribution in [0.15, 0.2) is 76.7 Å². The number of nitrogens with zero attached hydrogens (tertiary/aromatic N) is 2. The minimum absolute atomic E-state index is 0.146. The lowest BCUT2D eigenvalue weighted by Crippen LogP contribution is -2.32. The van der Waals surface area contributed by atoms with Crippen LogP contribution < -0.4 is 4.90 Å². The van der Waals surface area contributed by atoms with E-state index in [9.17, 15) is 4.79 Å². The van der Waals surface area contributed by atoms with E-state index < -0.39 is 0 Å². The second-order valence-corrected chi connectivity index (χ2v) is 9.11. The molecule has 5 rings (SSSR count). The van der Waals surface area contributed by atoms with Gasteiger partial charge >= 0.3 is 0 Å². The zero-order valence-corrected chi connectivity index (χ0v) is 17.8. The van der Waals surface area contributed by atoms with Gasteiger partial charge in [0.25, 0.3) is 5.91 Å². The normalized spacial score (nSPS) is 15.5. The van der Waals surface area contributed by atoms with Crippen LogP contribution in [0.4, 0.5) is 5.69 Å². The summed E-state index contributed by atoms with van der Waals surface area (Å²) in [4.78, 5) is 21.6. The van der Waals surface area contributed by atoms with Crippen molar-refractivity contribution in [2.45, 2.75) is 6.92 Å². The monoisotopic (exact) mass is 434 g/mol. The highest BCUT2D eigenvalue weighted by molar-refractivity contribution is 7.22. The van der Waals surface area contributed by atoms with Crippen LogP contribution in [0.25, 0.3) is 16.2 Å². The molecule has 0 radical (unpaired) electrons. The highest BCUT2D eigenvalue weighted by atomic mass is 35.5. The molecule has 0 aliphatic carbocycles. The number of amides is 1. The second kappa shape index (κ2) is 7.26. The summed E-state index contributed by atoms with van der Waals surface area (Å²) in [6, 6.07) is 19.8. The molecule has 1 aliphatic heterocycles. The summed E-state index contributed by atoms with van der Waals surface area (Å²) in [5, 5.41) is 3.59. The van der Waals surface area contributed by atoms with Crippen molar-refractivity contribution in [2.24, 2.45) is 4.99 Å². The SMILES string of the molecule is Cc1cccc(N2C(=O)/C(=C\c3cccs3)N=C2c2sc3ccccc3c2Cl)c1. The number of anilines is 1. The lowest BCUT2D eigenvalue weighted by molar-refractivity contribution is -0.113. The van der Waals surface area contributed by atoms with Crippen molar-refractivity contribution in [1.29, 1.82) is 0 Å². The van der Waals surface area contributed by atoms with Gasteiger partial charge < -0.3 is 0 Å². The van der Waals surface area contributed by atoms with Crippen LogP contribution in [-0.4, -0.2) is 11.7 Å². The molecule has 3 heterocycles. The zero-order chi connectivity index (χ0) is 20.0. The molecule has 29 heavy (non-hydrogen) atoms. The van der Waals surface area contributed by atoms with Crippen molar-refractivity contribution in [2.75, 3.05) is 4.90 Å². The van der Waals surface area contributed by atoms with Gasteiger partial charge in [-0.05, 0) is 48.2 Å². The Morgan fingerprint density at radius 2 is 1.93 bits per heavy atom. The number of fused-ring (bicyclic) bond motifs is 1. The average molecular weight is 435 g/mol. The molecule has 2 aromatic heterocycles. The molecule has 1 aliphatic rings. The van der Waals surface area contributed by atoms with Crippen LogP contribution in [-0.2, 0) is 4.79 Å². The van der Waals surface area contributed by atoms with Gasteiger partial charge in [-0.3, -0.25) is 9.69 Å². The summed E-state index contributed by atoms with van der Waals surface area (Å²) in [6.45, 7) is 2.01. The Morgan fingerprint density at radius 1 is 1.07 bits per heavy atom. The topological polar surface area (TPSA) is 32.7 Å². The number of thiophene rings is 2. The molecule has 2 aromatic carbocycles. The molecule has 0 fully saturated rings. The zero-order valence-electron chi connectivity index (χ0n) is 15.4. The van der Waals surface area contributed by atoms with Crippen LogP contribution in [0.1, 0.15) is 15.3 Å². The number of hydrogen-bond acceptors (Lipinski definition) is 4. The maximum Gasteiger partial charge on any atom is 0.282 e. The van der Waals surface area contributed by atoms with Crippen LogP contribution in [0.2, 0.25) is 5.02 Å². The minimum Gasteiger partial charge on any atom is -0.266 e. The number of carbonyl (C=O) groups excluding carboxylic acids is 1. The number of rotatable bonds is 3. The first-order chi connectivity index (χ1) is 14.1. The van der Waals surface area contributed by atoms with E-state index in [0.29, 0.717) is 16.6 Å². The third-order valence-electron chi connectivity index (χ3n) is 4.68. The molecule has 1 amide bonds. The Kier molecular flexibility index (Phi) is 4.59. The van der Waals surface area contributed by atoms with E-state index in [1.54, 1.807) is 27.6 Å². The highest BCUT2D eigenvalue weighted by Crippen LogP contribution is 2.39. The average Bonchev–Trinajstić information content (AvgIpc) is 3.42. The molecule has 0 N–H and O–H groups in total. The number of carbonyl (C=O) groups is 1. The maximum absolute atomic E-state index is 13.4. The quantitative estimate of drug-likeness (QED) is 0.328. The van der Waals surface area contributed by atoms with Gasteiger partial charge in [-0.25, -0.2) is 4.99 Å². The van der Waals surface area contributed by atoms with Crippen molar-refractivity contribution < 1.29 is 4.79 Å². The van der Waals surface area contributed by atoms with Gasteiger partial charge in [-0.15, -0.1) is 22.7 Å². The number of halogens is 1. The van der Waals surface area contributed by atoms with Gasteiger partial charge in [0, 0.05) is 15.0 Å². The fourth-order valence-corrected chi connectivity index (χ4v) is 5.49. The van der Waals surface area contributed by atoms with E-state index in [1.165, 1.54) is 0 Å². The third-order valence-corrected chi connectivity index (χ3v) is 7.17. The predicted octanol–water partition coefficient (Wildman–Crippen LogP) is 6.76. The van der Waals surface area contributed by atoms with Gasteiger partial charge in [0.1, 0.15) is 5.70 Å². The van der Waals surface area contributed by atoms with Crippen LogP contribution in [0.5, 0.6) is 0 Å². The second-order valence-electron chi connectivity index (χ2n) is 6.70. The molecule has 0 saturated carbocycles. The summed E-state index contributed by atoms with van der Waals surface area (Å²) < 4.78 is 1.07. The maximum atomic E-state index is 13.4. The Hall–Kier alpha value is -2.73. The Labute approximate surface area is 181 Å². The molecular formula is C23H15ClN2OS2. The van der Waals surface area contributed by atoms with E-state index in [0.717, 1.165) is 31.1 Å². The molecule has 3 nitrogen and oxygen atoms in total. The summed E-state index contributed by atoms with van der Waals surface area (Å²) in [7, 11) is 0. The molecule has 6 heteroatoms. The van der Waals surface area contributed by atoms with Gasteiger partial charge in [0.15, 0.2) is 5.84 Å². The predicted molar refractivity (Wildman–Crippen MR) is 124 cm³/mol. The van der Waals surface area contributed by atoms with Crippen molar-refractivity contribution >= 4 is 67.9 Å². The number of aryl methyl sites for hydroxylation is 1. The smallest absolute Gasteiger partial charge is 0.266 e. The fourth-order valence-electron chi connectivity index (χ4n) is 3.34. The van der Waals surface area contributed by atoms with Crippen molar-refractivity contribution in [3.05, 3.63) is 92.1 Å². The molecule has 0 unspecified atom stereocenters. The van der Waals surface area contributed by atoms with Gasteiger partial charge in [0.2, 0.25) is 0 Å². The number of hydrogen-bond donors (Lipinski definition) is 0. The van der Waals surface area contributed by atoms with Crippen molar-refractivity contribution in [3.63, 3.8) is 0 Å². The molecule has 0 saturated heterocycles. The first kappa shape index (κ1) is 18.3. The molecule has 0 bridgehead atoms. The summed E-state index contributed by atoms with van der Waals surface area (Å²) >= 11 is 9.86. The summed E-state index contributed by atoms with van der Waals surface area (Å²) in [5.41, 5.74) is 2.28. The van der Waals surface area contributed by atoms with Gasteiger partial charge in [-0.1, -0.05) is 48.0 Å². The van der Waals surface area contributed by atoms with E-state index in [2.05, 4.69) is 0 Å². The third kappa shape index (κ3) is 3.21. The highest BCUT2D eigenvalue weighted by Gasteiger charge is 2.35. The number of benzene rings is 2. The summed E-state index contributed by atoms with van der Waals surface area (Å²) in [5.74, 6) is 0.433. The molecule has 0 spiro atoms. The van der Waals surface area contributed by atoms with Crippen LogP contribution >= 0.6 is 34.3 Å². The fraction of sp³-hybridized carbons (Fsp3) is 0.0435. The largest absolute Gasteiger partial charge is 0.282 e. The summed E-state index contributed by atoms with van der Waals surface area (Å²) in [6.07, 6.45) is 1.84. The van der Waals surface area contributed by atoms with E-state index >= 15 is 0 Å². The minimum atomic E-state index is -0.146. The first-order valence-electron chi connectivity index (χ1n) is 9.04. The van der Waals surface area contributed by atoms with Crippen LogP contribution in [0.3, 0.4) is 0 Å². The Bertz CT molecular complexity index is 1300. The van der Waals surface area contributed by atoms with Gasteiger partial charge in [0.05, 0.1) is 15.6 Å². The standard InChI is InChI=1S/C23H15ClN2OS2/c1-14-6-4-7-15(12-14)26-22(21-20(24)17-9-2-3-10-19(17)29-21)25-18(23(26)27)13-16-8-5-11-28-16/h2-13H,1H3/b18-13+. The number of amidine groups is 1. The Balaban J connectivity index is 1.71. The van der Waals surface area contributed by atoms with Crippen LogP contribution in [0, 0.1) is 6.92 Å². The lowest BCUT2D eigenvalue weighted by Gasteiger charge is -2.18. The van der Waals surface area contributed by atoms with Gasteiger partial charge in [-0.2, -0.15) is 0 Å². The molecule has 4 aromatic rings. The Morgan fingerprint density at radius 3 is 2.69 bits per heavy atom. The van der Waals surface area contributed by atoms with E-state index in [4.69, 9.17) is 16.6 Å². The number of aliphatic imine (C=N–C) groups is 1. The van der Waals surface area contributed by atoms with Crippen molar-refractivity contribution in [1.82, 2.24) is 0 Å². The van der Waals surface area contributed by atoms with E-state index in [-0.39, 0.29) is 5.91 Å². The van der Waals surface area contributed by atoms with E-state index in [1.807, 2.05) is 79.0 Å². The first-order valence-corrected chi connectivity index (χ1v) is 11.1. The molecule has 142 valence electrons. The molecule has 0 atom stereocenters. The van der Waals surface area contributed by atoms with Crippen molar-refractivity contribution in [3.8, 4) is 0 Å². The lowest BCUT2D eigenvalue weighted by atomic mass is 10.2. The molecular weight excluding hydrogens is 420 g/mol.